The molecule has 0 bridgehead atoms. The van der Waals surface area contributed by atoms with E-state index in [1.54, 1.807) is 12.1 Å². The third-order valence-electron chi connectivity index (χ3n) is 3.24. The van der Waals surface area contributed by atoms with Crippen LogP contribution in [-0.2, 0) is 0 Å². The lowest BCUT2D eigenvalue weighted by molar-refractivity contribution is 0.475. The molecule has 1 atom stereocenters. The maximum absolute atomic E-state index is 9.41. The summed E-state index contributed by atoms with van der Waals surface area (Å²) in [7, 11) is 4.05. The number of phenolic OH excluding ortho intramolecular Hbond substituents is 1. The van der Waals surface area contributed by atoms with Gasteiger partial charge in [0.15, 0.2) is 0 Å². The van der Waals surface area contributed by atoms with Crippen LogP contribution in [0.2, 0.25) is 5.02 Å². The summed E-state index contributed by atoms with van der Waals surface area (Å²) in [5.41, 5.74) is 3.26. The molecule has 0 aromatic heterocycles. The number of nitrogens with zero attached hydrogens (tertiary/aromatic N) is 1. The van der Waals surface area contributed by atoms with E-state index in [9.17, 15) is 5.11 Å². The fourth-order valence-corrected chi connectivity index (χ4v) is 2.17. The number of phenols is 1. The standard InChI is InChI=1S/C16H19ClN2O/c1-11(12-4-7-14(8-5-12)19(2)3)18-13-6-9-16(20)15(17)10-13/h4-11,18,20H,1-3H3. The van der Waals surface area contributed by atoms with Crippen molar-refractivity contribution in [3.63, 3.8) is 0 Å². The van der Waals surface area contributed by atoms with Crippen molar-refractivity contribution in [2.24, 2.45) is 0 Å². The Balaban J connectivity index is 2.10. The minimum atomic E-state index is 0.0974. The third-order valence-corrected chi connectivity index (χ3v) is 3.54. The van der Waals surface area contributed by atoms with Crippen LogP contribution in [0.1, 0.15) is 18.5 Å². The lowest BCUT2D eigenvalue weighted by atomic mass is 10.1. The molecule has 4 heteroatoms. The van der Waals surface area contributed by atoms with E-state index in [0.29, 0.717) is 5.02 Å². The van der Waals surface area contributed by atoms with E-state index in [1.165, 1.54) is 11.3 Å². The zero-order valence-corrected chi connectivity index (χ0v) is 12.6. The first-order valence-electron chi connectivity index (χ1n) is 6.49. The third kappa shape index (κ3) is 3.36. The fourth-order valence-electron chi connectivity index (χ4n) is 1.99. The molecule has 0 fully saturated rings. The first-order chi connectivity index (χ1) is 9.47. The Morgan fingerprint density at radius 3 is 2.30 bits per heavy atom. The van der Waals surface area contributed by atoms with Crippen molar-refractivity contribution in [1.82, 2.24) is 0 Å². The van der Waals surface area contributed by atoms with E-state index in [4.69, 9.17) is 11.6 Å². The Labute approximate surface area is 124 Å². The average Bonchev–Trinajstić information content (AvgIpc) is 2.43. The van der Waals surface area contributed by atoms with Crippen LogP contribution in [-0.4, -0.2) is 19.2 Å². The molecule has 0 heterocycles. The van der Waals surface area contributed by atoms with Gasteiger partial charge in [0.25, 0.3) is 0 Å². The molecule has 2 rings (SSSR count). The summed E-state index contributed by atoms with van der Waals surface area (Å²) in [6, 6.07) is 13.7. The number of aromatic hydroxyl groups is 1. The molecule has 0 amide bonds. The number of anilines is 2. The SMILES string of the molecule is CC(Nc1ccc(O)c(Cl)c1)c1ccc(N(C)C)cc1. The Hall–Kier alpha value is -1.87. The molecular formula is C16H19ClN2O. The van der Waals surface area contributed by atoms with Gasteiger partial charge < -0.3 is 15.3 Å². The Morgan fingerprint density at radius 1 is 1.10 bits per heavy atom. The average molecular weight is 291 g/mol. The van der Waals surface area contributed by atoms with Gasteiger partial charge in [-0.3, -0.25) is 0 Å². The zero-order chi connectivity index (χ0) is 14.7. The molecule has 0 spiro atoms. The number of benzene rings is 2. The summed E-state index contributed by atoms with van der Waals surface area (Å²) < 4.78 is 0. The fraction of sp³-hybridized carbons (Fsp3) is 0.250. The molecule has 0 saturated heterocycles. The van der Waals surface area contributed by atoms with Gasteiger partial charge in [-0.05, 0) is 42.8 Å². The predicted molar refractivity (Wildman–Crippen MR) is 85.9 cm³/mol. The number of nitrogens with one attached hydrogen (secondary N) is 1. The van der Waals surface area contributed by atoms with Crippen molar-refractivity contribution in [3.8, 4) is 5.75 Å². The van der Waals surface area contributed by atoms with E-state index in [1.807, 2.05) is 20.2 Å². The second kappa shape index (κ2) is 6.06. The van der Waals surface area contributed by atoms with Gasteiger partial charge in [-0.25, -0.2) is 0 Å². The van der Waals surface area contributed by atoms with Crippen molar-refractivity contribution >= 4 is 23.0 Å². The van der Waals surface area contributed by atoms with Crippen LogP contribution in [0.5, 0.6) is 5.75 Å². The quantitative estimate of drug-likeness (QED) is 0.825. The van der Waals surface area contributed by atoms with Crippen LogP contribution in [0.4, 0.5) is 11.4 Å². The highest BCUT2D eigenvalue weighted by molar-refractivity contribution is 6.32. The van der Waals surface area contributed by atoms with Crippen LogP contribution in [0.15, 0.2) is 42.5 Å². The van der Waals surface area contributed by atoms with Crippen LogP contribution >= 0.6 is 11.6 Å². The Kier molecular flexibility index (Phi) is 4.40. The smallest absolute Gasteiger partial charge is 0.134 e. The molecule has 0 saturated carbocycles. The summed E-state index contributed by atoms with van der Waals surface area (Å²) in [6.45, 7) is 2.09. The largest absolute Gasteiger partial charge is 0.506 e. The van der Waals surface area contributed by atoms with Gasteiger partial charge in [-0.15, -0.1) is 0 Å². The van der Waals surface area contributed by atoms with Crippen LogP contribution in [0.3, 0.4) is 0 Å². The lowest BCUT2D eigenvalue weighted by Crippen LogP contribution is -2.10. The molecule has 2 aromatic rings. The molecule has 106 valence electrons. The van der Waals surface area contributed by atoms with E-state index >= 15 is 0 Å². The number of hydrogen-bond donors (Lipinski definition) is 2. The minimum Gasteiger partial charge on any atom is -0.506 e. The van der Waals surface area contributed by atoms with Crippen molar-refractivity contribution in [1.29, 1.82) is 0 Å². The van der Waals surface area contributed by atoms with E-state index in [2.05, 4.69) is 41.4 Å². The van der Waals surface area contributed by atoms with Crippen LogP contribution in [0.25, 0.3) is 0 Å². The molecule has 0 aliphatic heterocycles. The van der Waals surface area contributed by atoms with Gasteiger partial charge in [-0.1, -0.05) is 23.7 Å². The maximum Gasteiger partial charge on any atom is 0.134 e. The van der Waals surface area contributed by atoms with Crippen molar-refractivity contribution in [3.05, 3.63) is 53.1 Å². The van der Waals surface area contributed by atoms with Crippen molar-refractivity contribution in [2.75, 3.05) is 24.3 Å². The normalized spacial score (nSPS) is 12.0. The molecule has 20 heavy (non-hydrogen) atoms. The summed E-state index contributed by atoms with van der Waals surface area (Å²) in [4.78, 5) is 2.07. The Bertz CT molecular complexity index is 582. The molecule has 0 radical (unpaired) electrons. The Morgan fingerprint density at radius 2 is 1.75 bits per heavy atom. The topological polar surface area (TPSA) is 35.5 Å². The molecule has 2 aromatic carbocycles. The first kappa shape index (κ1) is 14.5. The summed E-state index contributed by atoms with van der Waals surface area (Å²) in [5.74, 6) is 0.0974. The van der Waals surface area contributed by atoms with Gasteiger partial charge in [0, 0.05) is 31.5 Å². The highest BCUT2D eigenvalue weighted by atomic mass is 35.5. The lowest BCUT2D eigenvalue weighted by Gasteiger charge is -2.18. The monoisotopic (exact) mass is 290 g/mol. The molecule has 3 nitrogen and oxygen atoms in total. The highest BCUT2D eigenvalue weighted by Crippen LogP contribution is 2.28. The van der Waals surface area contributed by atoms with E-state index < -0.39 is 0 Å². The molecule has 0 aliphatic carbocycles. The van der Waals surface area contributed by atoms with Gasteiger partial charge in [0.05, 0.1) is 5.02 Å². The van der Waals surface area contributed by atoms with E-state index in [-0.39, 0.29) is 11.8 Å². The molecule has 2 N–H and O–H groups in total. The number of rotatable bonds is 4. The predicted octanol–water partition coefficient (Wildman–Crippen LogP) is 4.28. The summed E-state index contributed by atoms with van der Waals surface area (Å²) in [6.07, 6.45) is 0. The van der Waals surface area contributed by atoms with Crippen molar-refractivity contribution in [2.45, 2.75) is 13.0 Å². The summed E-state index contributed by atoms with van der Waals surface area (Å²) >= 11 is 5.90. The minimum absolute atomic E-state index is 0.0974. The van der Waals surface area contributed by atoms with Crippen LogP contribution in [0, 0.1) is 0 Å². The number of halogens is 1. The van der Waals surface area contributed by atoms with Gasteiger partial charge >= 0.3 is 0 Å². The highest BCUT2D eigenvalue weighted by Gasteiger charge is 2.07. The first-order valence-corrected chi connectivity index (χ1v) is 6.87. The van der Waals surface area contributed by atoms with Gasteiger partial charge in [-0.2, -0.15) is 0 Å². The summed E-state index contributed by atoms with van der Waals surface area (Å²) in [5, 5.41) is 13.1. The van der Waals surface area contributed by atoms with Gasteiger partial charge in [0.2, 0.25) is 0 Å². The van der Waals surface area contributed by atoms with E-state index in [0.717, 1.165) is 5.69 Å². The molecular weight excluding hydrogens is 272 g/mol. The second-order valence-electron chi connectivity index (χ2n) is 5.02. The van der Waals surface area contributed by atoms with Crippen molar-refractivity contribution < 1.29 is 5.11 Å². The zero-order valence-electron chi connectivity index (χ0n) is 11.9. The van der Waals surface area contributed by atoms with Crippen LogP contribution < -0.4 is 10.2 Å². The number of hydrogen-bond acceptors (Lipinski definition) is 3. The molecule has 0 aliphatic rings. The molecule has 1 unspecified atom stereocenters. The van der Waals surface area contributed by atoms with Gasteiger partial charge in [0.1, 0.15) is 5.75 Å². The maximum atomic E-state index is 9.41. The second-order valence-corrected chi connectivity index (χ2v) is 5.43.